The third-order valence-electron chi connectivity index (χ3n) is 3.64. The number of methoxy groups -OCH3 is 1. The molecule has 1 aliphatic rings. The van der Waals surface area contributed by atoms with Gasteiger partial charge >= 0.3 is 0 Å². The van der Waals surface area contributed by atoms with Gasteiger partial charge in [-0.2, -0.15) is 0 Å². The predicted molar refractivity (Wildman–Crippen MR) is 67.6 cm³/mol. The molecule has 96 valence electrons. The lowest BCUT2D eigenvalue weighted by Crippen LogP contribution is -2.58. The van der Waals surface area contributed by atoms with E-state index in [2.05, 4.69) is 30.7 Å². The molecule has 0 amide bonds. The maximum Gasteiger partial charge on any atom is 0.0656 e. The van der Waals surface area contributed by atoms with Crippen molar-refractivity contribution in [2.75, 3.05) is 46.9 Å². The van der Waals surface area contributed by atoms with Crippen LogP contribution in [0.2, 0.25) is 0 Å². The zero-order chi connectivity index (χ0) is 12.2. The molecule has 0 aromatic rings. The van der Waals surface area contributed by atoms with Crippen molar-refractivity contribution in [2.24, 2.45) is 5.73 Å². The van der Waals surface area contributed by atoms with Crippen LogP contribution in [0.4, 0.5) is 0 Å². The van der Waals surface area contributed by atoms with Gasteiger partial charge in [-0.15, -0.1) is 0 Å². The first-order chi connectivity index (χ1) is 7.53. The van der Waals surface area contributed by atoms with Crippen LogP contribution in [0.5, 0.6) is 0 Å². The van der Waals surface area contributed by atoms with E-state index in [9.17, 15) is 0 Å². The number of ether oxygens (including phenoxy) is 1. The first kappa shape index (κ1) is 13.9. The molecular formula is C12H27N3O. The highest BCUT2D eigenvalue weighted by atomic mass is 16.5. The van der Waals surface area contributed by atoms with Crippen molar-refractivity contribution in [2.45, 2.75) is 31.8 Å². The van der Waals surface area contributed by atoms with Crippen molar-refractivity contribution in [1.82, 2.24) is 9.80 Å². The Kier molecular flexibility index (Phi) is 5.18. The molecule has 1 saturated heterocycles. The average molecular weight is 229 g/mol. The Bertz CT molecular complexity index is 212. The minimum absolute atomic E-state index is 0.0284. The van der Waals surface area contributed by atoms with Gasteiger partial charge in [-0.25, -0.2) is 0 Å². The molecule has 0 spiro atoms. The van der Waals surface area contributed by atoms with E-state index in [4.69, 9.17) is 10.5 Å². The first-order valence-electron chi connectivity index (χ1n) is 6.18. The zero-order valence-electron chi connectivity index (χ0n) is 11.2. The molecule has 0 saturated carbocycles. The molecule has 0 aromatic carbocycles. The summed E-state index contributed by atoms with van der Waals surface area (Å²) < 4.78 is 5.33. The molecular weight excluding hydrogens is 202 g/mol. The summed E-state index contributed by atoms with van der Waals surface area (Å²) >= 11 is 0. The van der Waals surface area contributed by atoms with Crippen LogP contribution in [-0.2, 0) is 4.74 Å². The maximum atomic E-state index is 5.94. The minimum atomic E-state index is -0.0284. The van der Waals surface area contributed by atoms with E-state index in [0.29, 0.717) is 19.2 Å². The Morgan fingerprint density at radius 3 is 2.69 bits per heavy atom. The summed E-state index contributed by atoms with van der Waals surface area (Å²) in [6.45, 7) is 9.24. The summed E-state index contributed by atoms with van der Waals surface area (Å²) in [5.74, 6) is 0. The predicted octanol–water partition coefficient (Wildman–Crippen LogP) is 0.376. The summed E-state index contributed by atoms with van der Waals surface area (Å²) in [4.78, 5) is 4.91. The van der Waals surface area contributed by atoms with E-state index in [-0.39, 0.29) is 5.54 Å². The van der Waals surface area contributed by atoms with Crippen LogP contribution in [0.1, 0.15) is 20.3 Å². The van der Waals surface area contributed by atoms with Gasteiger partial charge in [0.1, 0.15) is 0 Å². The van der Waals surface area contributed by atoms with Gasteiger partial charge in [-0.05, 0) is 33.9 Å². The van der Waals surface area contributed by atoms with Crippen molar-refractivity contribution < 1.29 is 4.74 Å². The highest BCUT2D eigenvalue weighted by Gasteiger charge is 2.35. The molecule has 1 heterocycles. The molecule has 2 atom stereocenters. The Balaban J connectivity index is 2.74. The summed E-state index contributed by atoms with van der Waals surface area (Å²) in [6.07, 6.45) is 1.21. The fraction of sp³-hybridized carbons (Fsp3) is 1.00. The van der Waals surface area contributed by atoms with E-state index in [1.54, 1.807) is 7.11 Å². The van der Waals surface area contributed by atoms with Crippen molar-refractivity contribution >= 4 is 0 Å². The van der Waals surface area contributed by atoms with Gasteiger partial charge in [-0.3, -0.25) is 4.90 Å². The van der Waals surface area contributed by atoms with Crippen LogP contribution in [0.15, 0.2) is 0 Å². The molecule has 0 radical (unpaired) electrons. The van der Waals surface area contributed by atoms with Gasteiger partial charge < -0.3 is 15.4 Å². The Morgan fingerprint density at radius 2 is 2.12 bits per heavy atom. The largest absolute Gasteiger partial charge is 0.383 e. The molecule has 16 heavy (non-hydrogen) atoms. The van der Waals surface area contributed by atoms with E-state index >= 15 is 0 Å². The lowest BCUT2D eigenvalue weighted by Gasteiger charge is -2.43. The monoisotopic (exact) mass is 229 g/mol. The highest BCUT2D eigenvalue weighted by Crippen LogP contribution is 2.21. The topological polar surface area (TPSA) is 41.7 Å². The van der Waals surface area contributed by atoms with Gasteiger partial charge in [0.25, 0.3) is 0 Å². The molecule has 2 N–H and O–H groups in total. The van der Waals surface area contributed by atoms with Crippen molar-refractivity contribution in [1.29, 1.82) is 0 Å². The fourth-order valence-corrected chi connectivity index (χ4v) is 2.74. The second kappa shape index (κ2) is 5.96. The number of hydrogen-bond acceptors (Lipinski definition) is 4. The van der Waals surface area contributed by atoms with E-state index < -0.39 is 0 Å². The van der Waals surface area contributed by atoms with E-state index in [1.165, 1.54) is 13.0 Å². The van der Waals surface area contributed by atoms with Crippen LogP contribution in [-0.4, -0.2) is 68.3 Å². The third-order valence-corrected chi connectivity index (χ3v) is 3.64. The molecule has 2 unspecified atom stereocenters. The minimum Gasteiger partial charge on any atom is -0.383 e. The van der Waals surface area contributed by atoms with Crippen LogP contribution in [0.25, 0.3) is 0 Å². The summed E-state index contributed by atoms with van der Waals surface area (Å²) in [5.41, 5.74) is 5.91. The molecule has 1 fully saturated rings. The number of rotatable bonds is 4. The Hall–Kier alpha value is -0.160. The summed E-state index contributed by atoms with van der Waals surface area (Å²) in [5, 5.41) is 0. The van der Waals surface area contributed by atoms with Crippen molar-refractivity contribution in [3.05, 3.63) is 0 Å². The number of nitrogens with zero attached hydrogens (tertiary/aromatic N) is 2. The average Bonchev–Trinajstić information content (AvgIpc) is 2.40. The summed E-state index contributed by atoms with van der Waals surface area (Å²) in [6, 6.07) is 0.538. The lowest BCUT2D eigenvalue weighted by atomic mass is 9.98. The molecule has 1 rings (SSSR count). The summed E-state index contributed by atoms with van der Waals surface area (Å²) in [7, 11) is 3.94. The molecule has 1 aliphatic heterocycles. The van der Waals surface area contributed by atoms with Crippen molar-refractivity contribution in [3.8, 4) is 0 Å². The van der Waals surface area contributed by atoms with Gasteiger partial charge in [0.2, 0.25) is 0 Å². The smallest absolute Gasteiger partial charge is 0.0656 e. The van der Waals surface area contributed by atoms with Crippen molar-refractivity contribution in [3.63, 3.8) is 0 Å². The molecule has 0 aliphatic carbocycles. The highest BCUT2D eigenvalue weighted by molar-refractivity contribution is 4.92. The fourth-order valence-electron chi connectivity index (χ4n) is 2.74. The molecule has 0 aromatic heterocycles. The number of nitrogens with two attached hydrogens (primary N) is 1. The zero-order valence-corrected chi connectivity index (χ0v) is 11.2. The van der Waals surface area contributed by atoms with Gasteiger partial charge in [0.05, 0.1) is 12.1 Å². The quantitative estimate of drug-likeness (QED) is 0.756. The van der Waals surface area contributed by atoms with Gasteiger partial charge in [-0.1, -0.05) is 0 Å². The second-order valence-electron chi connectivity index (χ2n) is 5.29. The van der Waals surface area contributed by atoms with Crippen LogP contribution in [0.3, 0.4) is 0 Å². The van der Waals surface area contributed by atoms with Crippen LogP contribution in [0, 0.1) is 0 Å². The number of likely N-dealkylation sites (N-methyl/N-ethyl adjacent to an activating group) is 1. The standard InChI is InChI=1S/C12H27N3O/c1-11-8-14(3)6-5-7-15(11)12(2,9-13)10-16-4/h11H,5-10,13H2,1-4H3. The Labute approximate surface area is 99.7 Å². The third kappa shape index (κ3) is 3.17. The van der Waals surface area contributed by atoms with E-state index in [1.807, 2.05) is 0 Å². The first-order valence-corrected chi connectivity index (χ1v) is 6.18. The Morgan fingerprint density at radius 1 is 1.44 bits per heavy atom. The molecule has 4 nitrogen and oxygen atoms in total. The number of hydrogen-bond donors (Lipinski definition) is 1. The lowest BCUT2D eigenvalue weighted by molar-refractivity contribution is 0.00545. The molecule has 4 heteroatoms. The second-order valence-corrected chi connectivity index (χ2v) is 5.29. The normalized spacial score (nSPS) is 28.7. The van der Waals surface area contributed by atoms with Gasteiger partial charge in [0, 0.05) is 32.8 Å². The van der Waals surface area contributed by atoms with E-state index in [0.717, 1.165) is 13.1 Å². The molecule has 0 bridgehead atoms. The maximum absolute atomic E-state index is 5.94. The SMILES string of the molecule is COCC(C)(CN)N1CCCN(C)CC1C. The van der Waals surface area contributed by atoms with Gasteiger partial charge in [0.15, 0.2) is 0 Å². The van der Waals surface area contributed by atoms with Crippen LogP contribution >= 0.6 is 0 Å². The van der Waals surface area contributed by atoms with Crippen LogP contribution < -0.4 is 5.73 Å².